The zero-order valence-corrected chi connectivity index (χ0v) is 12.4. The molecule has 0 radical (unpaired) electrons. The first-order valence-electron chi connectivity index (χ1n) is 6.06. The largest absolute Gasteiger partial charge is 0.368 e. The van der Waals surface area contributed by atoms with Gasteiger partial charge in [-0.2, -0.15) is 15.0 Å². The highest BCUT2D eigenvalue weighted by atomic mass is 32.2. The van der Waals surface area contributed by atoms with E-state index in [1.807, 2.05) is 21.0 Å². The Morgan fingerprint density at radius 2 is 1.80 bits per heavy atom. The molecule has 106 valence electrons. The molecule has 0 saturated carbocycles. The second-order valence-electron chi connectivity index (χ2n) is 4.46. The summed E-state index contributed by atoms with van der Waals surface area (Å²) in [6.45, 7) is 1.97. The van der Waals surface area contributed by atoms with E-state index in [4.69, 9.17) is 5.73 Å². The summed E-state index contributed by atoms with van der Waals surface area (Å²) in [5.74, 6) is 1.08. The van der Waals surface area contributed by atoms with Crippen LogP contribution in [0.4, 0.5) is 16.3 Å². The maximum atomic E-state index is 12.9. The molecule has 2 rings (SSSR count). The Morgan fingerprint density at radius 3 is 2.40 bits per heavy atom. The lowest BCUT2D eigenvalue weighted by molar-refractivity contribution is 0.626. The topological polar surface area (TPSA) is 67.9 Å². The molecule has 0 unspecified atom stereocenters. The first-order chi connectivity index (χ1) is 9.45. The number of rotatable bonds is 4. The van der Waals surface area contributed by atoms with Crippen LogP contribution in [0.2, 0.25) is 0 Å². The van der Waals surface area contributed by atoms with Crippen LogP contribution in [0, 0.1) is 5.82 Å². The highest BCUT2D eigenvalue weighted by Gasteiger charge is 2.14. The van der Waals surface area contributed by atoms with Crippen LogP contribution in [0.1, 0.15) is 18.0 Å². The third-order valence-electron chi connectivity index (χ3n) is 2.55. The predicted molar refractivity (Wildman–Crippen MR) is 79.2 cm³/mol. The number of aromatic nitrogens is 3. The highest BCUT2D eigenvalue weighted by Crippen LogP contribution is 2.33. The molecule has 0 aliphatic heterocycles. The van der Waals surface area contributed by atoms with Crippen molar-refractivity contribution in [3.8, 4) is 0 Å². The number of nitrogens with two attached hydrogens (primary N) is 1. The fourth-order valence-corrected chi connectivity index (χ4v) is 2.46. The molecule has 2 aromatic rings. The van der Waals surface area contributed by atoms with Gasteiger partial charge in [-0.15, -0.1) is 11.8 Å². The van der Waals surface area contributed by atoms with E-state index >= 15 is 0 Å². The van der Waals surface area contributed by atoms with Gasteiger partial charge in [-0.25, -0.2) is 4.39 Å². The van der Waals surface area contributed by atoms with E-state index in [9.17, 15) is 4.39 Å². The molecule has 1 atom stereocenters. The van der Waals surface area contributed by atoms with Crippen molar-refractivity contribution in [2.75, 3.05) is 24.7 Å². The van der Waals surface area contributed by atoms with Crippen molar-refractivity contribution in [3.05, 3.63) is 35.9 Å². The maximum Gasteiger partial charge on any atom is 0.229 e. The van der Waals surface area contributed by atoms with Crippen LogP contribution in [-0.4, -0.2) is 29.0 Å². The molecule has 0 spiro atoms. The fraction of sp³-hybridized carbons (Fsp3) is 0.308. The number of hydrogen-bond acceptors (Lipinski definition) is 6. The maximum absolute atomic E-state index is 12.9. The number of anilines is 2. The number of halogens is 1. The second kappa shape index (κ2) is 6.04. The number of nitrogen functional groups attached to an aromatic ring is 1. The van der Waals surface area contributed by atoms with Crippen LogP contribution in [0.3, 0.4) is 0 Å². The van der Waals surface area contributed by atoms with Crippen LogP contribution in [-0.2, 0) is 0 Å². The Bertz CT molecular complexity index is 588. The average Bonchev–Trinajstić information content (AvgIpc) is 2.40. The Kier molecular flexibility index (Phi) is 4.39. The monoisotopic (exact) mass is 293 g/mol. The molecule has 1 aromatic carbocycles. The van der Waals surface area contributed by atoms with Crippen LogP contribution in [0.25, 0.3) is 0 Å². The molecule has 7 heteroatoms. The molecule has 0 amide bonds. The summed E-state index contributed by atoms with van der Waals surface area (Å²) in [6, 6.07) is 6.33. The Labute approximate surface area is 121 Å². The Morgan fingerprint density at radius 1 is 1.15 bits per heavy atom. The second-order valence-corrected chi connectivity index (χ2v) is 5.87. The Hall–Kier alpha value is -1.89. The minimum atomic E-state index is -0.249. The quantitative estimate of drug-likeness (QED) is 0.874. The lowest BCUT2D eigenvalue weighted by Gasteiger charge is -2.14. The van der Waals surface area contributed by atoms with Crippen molar-refractivity contribution in [2.45, 2.75) is 17.1 Å². The smallest absolute Gasteiger partial charge is 0.229 e. The molecule has 0 fully saturated rings. The van der Waals surface area contributed by atoms with Gasteiger partial charge in [0.15, 0.2) is 0 Å². The van der Waals surface area contributed by atoms with Crippen molar-refractivity contribution in [1.29, 1.82) is 0 Å². The molecule has 0 bridgehead atoms. The highest BCUT2D eigenvalue weighted by molar-refractivity contribution is 7.99. The summed E-state index contributed by atoms with van der Waals surface area (Å²) in [4.78, 5) is 15.3. The first kappa shape index (κ1) is 14.5. The summed E-state index contributed by atoms with van der Waals surface area (Å²) < 4.78 is 12.9. The van der Waals surface area contributed by atoms with Crippen molar-refractivity contribution in [1.82, 2.24) is 15.0 Å². The van der Waals surface area contributed by atoms with Crippen molar-refractivity contribution >= 4 is 23.7 Å². The molecular weight excluding hydrogens is 277 g/mol. The summed E-state index contributed by atoms with van der Waals surface area (Å²) in [5.41, 5.74) is 5.70. The third kappa shape index (κ3) is 3.57. The van der Waals surface area contributed by atoms with Gasteiger partial charge in [-0.3, -0.25) is 0 Å². The lowest BCUT2D eigenvalue weighted by atomic mass is 10.3. The summed E-state index contributed by atoms with van der Waals surface area (Å²) in [7, 11) is 3.69. The van der Waals surface area contributed by atoms with Gasteiger partial charge in [-0.1, -0.05) is 0 Å². The van der Waals surface area contributed by atoms with Gasteiger partial charge >= 0.3 is 0 Å². The normalized spacial score (nSPS) is 12.2. The van der Waals surface area contributed by atoms with E-state index in [1.54, 1.807) is 28.8 Å². The van der Waals surface area contributed by atoms with Crippen LogP contribution < -0.4 is 10.6 Å². The van der Waals surface area contributed by atoms with Crippen LogP contribution in [0.15, 0.2) is 29.2 Å². The van der Waals surface area contributed by atoms with E-state index in [0.717, 1.165) is 4.90 Å². The third-order valence-corrected chi connectivity index (χ3v) is 3.66. The molecule has 2 N–H and O–H groups in total. The van der Waals surface area contributed by atoms with E-state index in [-0.39, 0.29) is 17.0 Å². The van der Waals surface area contributed by atoms with E-state index in [1.165, 1.54) is 12.1 Å². The number of nitrogens with zero attached hydrogens (tertiary/aromatic N) is 4. The van der Waals surface area contributed by atoms with Crippen molar-refractivity contribution in [2.24, 2.45) is 0 Å². The van der Waals surface area contributed by atoms with E-state index in [0.29, 0.717) is 11.8 Å². The summed E-state index contributed by atoms with van der Waals surface area (Å²) in [6.07, 6.45) is 0. The molecule has 1 aromatic heterocycles. The van der Waals surface area contributed by atoms with Gasteiger partial charge in [0, 0.05) is 19.0 Å². The molecule has 20 heavy (non-hydrogen) atoms. The Balaban J connectivity index is 2.20. The van der Waals surface area contributed by atoms with Crippen LogP contribution in [0.5, 0.6) is 0 Å². The zero-order chi connectivity index (χ0) is 14.7. The van der Waals surface area contributed by atoms with Gasteiger partial charge in [0.25, 0.3) is 0 Å². The van der Waals surface area contributed by atoms with Gasteiger partial charge in [0.1, 0.15) is 11.6 Å². The predicted octanol–water partition coefficient (Wildman–Crippen LogP) is 2.51. The first-order valence-corrected chi connectivity index (χ1v) is 6.94. The average molecular weight is 293 g/mol. The summed E-state index contributed by atoms with van der Waals surface area (Å²) in [5, 5.41) is -0.00976. The zero-order valence-electron chi connectivity index (χ0n) is 11.5. The standard InChI is InChI=1S/C13H16FN5S/c1-8(20-10-6-4-9(14)5-7-10)11-16-12(15)18-13(17-11)19(2)3/h4-8H,1-3H3,(H2,15,16,17,18)/t8-/m1/s1. The molecule has 5 nitrogen and oxygen atoms in total. The fourth-order valence-electron chi connectivity index (χ4n) is 1.55. The minimum Gasteiger partial charge on any atom is -0.368 e. The molecule has 0 aliphatic rings. The molecule has 1 heterocycles. The number of benzene rings is 1. The molecule has 0 aliphatic carbocycles. The van der Waals surface area contributed by atoms with E-state index < -0.39 is 0 Å². The summed E-state index contributed by atoms with van der Waals surface area (Å²) >= 11 is 1.54. The van der Waals surface area contributed by atoms with Gasteiger partial charge in [0.2, 0.25) is 11.9 Å². The van der Waals surface area contributed by atoms with Crippen molar-refractivity contribution < 1.29 is 4.39 Å². The van der Waals surface area contributed by atoms with E-state index in [2.05, 4.69) is 15.0 Å². The number of thioether (sulfide) groups is 1. The SMILES string of the molecule is C[C@@H](Sc1ccc(F)cc1)c1nc(N)nc(N(C)C)n1. The molecular formula is C13H16FN5S. The van der Waals surface area contributed by atoms with Crippen molar-refractivity contribution in [3.63, 3.8) is 0 Å². The number of hydrogen-bond donors (Lipinski definition) is 1. The lowest BCUT2D eigenvalue weighted by Crippen LogP contribution is -2.16. The minimum absolute atomic E-state index is 0.00976. The van der Waals surface area contributed by atoms with Crippen LogP contribution >= 0.6 is 11.8 Å². The van der Waals surface area contributed by atoms with Gasteiger partial charge < -0.3 is 10.6 Å². The molecule has 0 saturated heterocycles. The van der Waals surface area contributed by atoms with Gasteiger partial charge in [0.05, 0.1) is 5.25 Å². The van der Waals surface area contributed by atoms with Gasteiger partial charge in [-0.05, 0) is 31.2 Å².